The highest BCUT2D eigenvalue weighted by Gasteiger charge is 2.30. The van der Waals surface area contributed by atoms with Gasteiger partial charge in [-0.05, 0) is 63.4 Å². The van der Waals surface area contributed by atoms with Crippen molar-refractivity contribution in [1.29, 1.82) is 0 Å². The van der Waals surface area contributed by atoms with Crippen LogP contribution in [0.5, 0.6) is 5.75 Å². The zero-order valence-electron chi connectivity index (χ0n) is 17.1. The van der Waals surface area contributed by atoms with Gasteiger partial charge in [-0.15, -0.1) is 0 Å². The van der Waals surface area contributed by atoms with Crippen molar-refractivity contribution in [2.75, 3.05) is 6.26 Å². The Morgan fingerprint density at radius 1 is 0.964 bits per heavy atom. The molecule has 0 N–H and O–H groups in total. The lowest BCUT2D eigenvalue weighted by Crippen LogP contribution is -2.37. The normalized spacial score (nSPS) is 12.6. The minimum Gasteiger partial charge on any atom is -0.383 e. The van der Waals surface area contributed by atoms with Crippen molar-refractivity contribution in [2.45, 2.75) is 52.1 Å². The number of hydrogen-bond acceptors (Lipinski definition) is 5. The molecule has 2 aromatic rings. The molecule has 0 saturated carbocycles. The first-order valence-electron chi connectivity index (χ1n) is 8.89. The van der Waals surface area contributed by atoms with Crippen molar-refractivity contribution >= 4 is 20.1 Å². The van der Waals surface area contributed by atoms with Crippen molar-refractivity contribution in [3.63, 3.8) is 0 Å². The van der Waals surface area contributed by atoms with Crippen molar-refractivity contribution in [1.82, 2.24) is 4.31 Å². The lowest BCUT2D eigenvalue weighted by Gasteiger charge is -2.28. The molecule has 0 fully saturated rings. The van der Waals surface area contributed by atoms with E-state index in [0.717, 1.165) is 11.8 Å². The Balaban J connectivity index is 2.46. The van der Waals surface area contributed by atoms with Gasteiger partial charge in [-0.3, -0.25) is 0 Å². The van der Waals surface area contributed by atoms with E-state index in [2.05, 4.69) is 0 Å². The molecule has 0 spiro atoms. The predicted octanol–water partition coefficient (Wildman–Crippen LogP) is 3.55. The molecule has 0 aromatic heterocycles. The average Bonchev–Trinajstić information content (AvgIpc) is 2.49. The maximum atomic E-state index is 13.4. The molecule has 0 amide bonds. The standard InChI is InChI=1S/C20H27NO5S2/c1-14(2)21(13-18-8-7-9-19(12-18)26-27(6,22)23)28(24,25)20-16(4)10-15(3)11-17(20)5/h7-12,14H,13H2,1-6H3. The van der Waals surface area contributed by atoms with Gasteiger partial charge in [0.05, 0.1) is 11.2 Å². The number of benzene rings is 2. The second kappa shape index (κ2) is 8.23. The molecular weight excluding hydrogens is 398 g/mol. The van der Waals surface area contributed by atoms with Gasteiger partial charge in [-0.1, -0.05) is 29.8 Å². The van der Waals surface area contributed by atoms with E-state index in [-0.39, 0.29) is 18.3 Å². The summed E-state index contributed by atoms with van der Waals surface area (Å²) in [7, 11) is -7.41. The average molecular weight is 426 g/mol. The fourth-order valence-electron chi connectivity index (χ4n) is 3.29. The van der Waals surface area contributed by atoms with E-state index in [0.29, 0.717) is 21.6 Å². The van der Waals surface area contributed by atoms with E-state index in [1.165, 1.54) is 10.4 Å². The minimum absolute atomic E-state index is 0.105. The first-order chi connectivity index (χ1) is 12.8. The topological polar surface area (TPSA) is 80.8 Å². The van der Waals surface area contributed by atoms with Gasteiger partial charge in [0.15, 0.2) is 0 Å². The van der Waals surface area contributed by atoms with Crippen LogP contribution in [0.15, 0.2) is 41.3 Å². The monoisotopic (exact) mass is 425 g/mol. The Morgan fingerprint density at radius 3 is 2.04 bits per heavy atom. The lowest BCUT2D eigenvalue weighted by atomic mass is 10.1. The molecule has 0 aliphatic rings. The summed E-state index contributed by atoms with van der Waals surface area (Å²) in [6.45, 7) is 9.26. The van der Waals surface area contributed by atoms with Gasteiger partial charge in [0.25, 0.3) is 0 Å². The molecular formula is C20H27NO5S2. The summed E-state index contributed by atoms with van der Waals surface area (Å²) >= 11 is 0. The third-order valence-electron chi connectivity index (χ3n) is 4.23. The molecule has 0 radical (unpaired) electrons. The van der Waals surface area contributed by atoms with E-state index in [9.17, 15) is 16.8 Å². The predicted molar refractivity (Wildman–Crippen MR) is 110 cm³/mol. The van der Waals surface area contributed by atoms with Crippen LogP contribution in [0.2, 0.25) is 0 Å². The Kier molecular flexibility index (Phi) is 6.58. The largest absolute Gasteiger partial charge is 0.383 e. The molecule has 8 heteroatoms. The van der Waals surface area contributed by atoms with Crippen LogP contribution in [0.1, 0.15) is 36.1 Å². The van der Waals surface area contributed by atoms with Gasteiger partial charge >= 0.3 is 10.1 Å². The smallest absolute Gasteiger partial charge is 0.306 e. The fourth-order valence-corrected chi connectivity index (χ4v) is 5.78. The fraction of sp³-hybridized carbons (Fsp3) is 0.400. The summed E-state index contributed by atoms with van der Waals surface area (Å²) in [5.41, 5.74) is 3.06. The van der Waals surface area contributed by atoms with Crippen LogP contribution in [-0.4, -0.2) is 33.4 Å². The molecule has 2 aromatic carbocycles. The summed E-state index contributed by atoms with van der Waals surface area (Å²) in [5.74, 6) is 0.156. The molecule has 6 nitrogen and oxygen atoms in total. The first kappa shape index (κ1) is 22.4. The molecule has 0 saturated heterocycles. The number of nitrogens with zero attached hydrogens (tertiary/aromatic N) is 1. The zero-order valence-corrected chi connectivity index (χ0v) is 18.7. The van der Waals surface area contributed by atoms with E-state index in [1.807, 2.05) is 32.9 Å². The van der Waals surface area contributed by atoms with Crippen LogP contribution in [-0.2, 0) is 26.7 Å². The van der Waals surface area contributed by atoms with Crippen LogP contribution in [0.4, 0.5) is 0 Å². The molecule has 0 heterocycles. The van der Waals surface area contributed by atoms with E-state index in [1.54, 1.807) is 32.0 Å². The summed E-state index contributed by atoms with van der Waals surface area (Å²) in [5, 5.41) is 0. The number of sulfonamides is 1. The van der Waals surface area contributed by atoms with Crippen LogP contribution in [0.3, 0.4) is 0 Å². The van der Waals surface area contributed by atoms with Crippen LogP contribution in [0.25, 0.3) is 0 Å². The molecule has 0 aliphatic carbocycles. The first-order valence-corrected chi connectivity index (χ1v) is 12.1. The molecule has 0 unspecified atom stereocenters. The third-order valence-corrected chi connectivity index (χ3v) is 7.06. The van der Waals surface area contributed by atoms with Crippen LogP contribution >= 0.6 is 0 Å². The Bertz CT molecular complexity index is 1050. The number of rotatable bonds is 7. The zero-order chi connectivity index (χ0) is 21.3. The molecule has 2 rings (SSSR count). The summed E-state index contributed by atoms with van der Waals surface area (Å²) in [6, 6.07) is 9.88. The van der Waals surface area contributed by atoms with Crippen LogP contribution in [0, 0.1) is 20.8 Å². The third kappa shape index (κ3) is 5.33. The summed E-state index contributed by atoms with van der Waals surface area (Å²) in [4.78, 5) is 0.315. The second-order valence-corrected chi connectivity index (χ2v) is 10.7. The Morgan fingerprint density at radius 2 is 1.54 bits per heavy atom. The van der Waals surface area contributed by atoms with E-state index < -0.39 is 20.1 Å². The summed E-state index contributed by atoms with van der Waals surface area (Å²) in [6.07, 6.45) is 0.966. The van der Waals surface area contributed by atoms with Crippen LogP contribution < -0.4 is 4.18 Å². The minimum atomic E-state index is -3.75. The molecule has 0 bridgehead atoms. The summed E-state index contributed by atoms with van der Waals surface area (Å²) < 4.78 is 55.9. The molecule has 0 atom stereocenters. The number of hydrogen-bond donors (Lipinski definition) is 0. The molecule has 0 aliphatic heterocycles. The van der Waals surface area contributed by atoms with Crippen molar-refractivity contribution in [3.8, 4) is 5.75 Å². The van der Waals surface area contributed by atoms with Gasteiger partial charge in [0.2, 0.25) is 10.0 Å². The SMILES string of the molecule is Cc1cc(C)c(S(=O)(=O)N(Cc2cccc(OS(C)(=O)=O)c2)C(C)C)c(C)c1. The van der Waals surface area contributed by atoms with Gasteiger partial charge in [0.1, 0.15) is 5.75 Å². The van der Waals surface area contributed by atoms with Crippen molar-refractivity contribution < 1.29 is 21.0 Å². The highest BCUT2D eigenvalue weighted by Crippen LogP contribution is 2.28. The Labute approximate surface area is 168 Å². The van der Waals surface area contributed by atoms with Crippen molar-refractivity contribution in [2.24, 2.45) is 0 Å². The number of aryl methyl sites for hydroxylation is 3. The quantitative estimate of drug-likeness (QED) is 0.634. The Hall–Kier alpha value is -1.90. The highest BCUT2D eigenvalue weighted by molar-refractivity contribution is 7.89. The van der Waals surface area contributed by atoms with Crippen molar-refractivity contribution in [3.05, 3.63) is 58.7 Å². The van der Waals surface area contributed by atoms with Gasteiger partial charge in [0, 0.05) is 12.6 Å². The lowest BCUT2D eigenvalue weighted by molar-refractivity contribution is 0.347. The maximum Gasteiger partial charge on any atom is 0.306 e. The molecule has 154 valence electrons. The second-order valence-electron chi connectivity index (χ2n) is 7.31. The maximum absolute atomic E-state index is 13.4. The van der Waals surface area contributed by atoms with Gasteiger partial charge in [-0.2, -0.15) is 12.7 Å². The van der Waals surface area contributed by atoms with E-state index >= 15 is 0 Å². The van der Waals surface area contributed by atoms with Gasteiger partial charge in [-0.25, -0.2) is 8.42 Å². The van der Waals surface area contributed by atoms with E-state index in [4.69, 9.17) is 4.18 Å². The molecule has 28 heavy (non-hydrogen) atoms. The highest BCUT2D eigenvalue weighted by atomic mass is 32.2. The van der Waals surface area contributed by atoms with Gasteiger partial charge < -0.3 is 4.18 Å².